The van der Waals surface area contributed by atoms with Crippen LogP contribution in [0.3, 0.4) is 0 Å². The van der Waals surface area contributed by atoms with E-state index in [1.165, 1.54) is 10.4 Å². The van der Waals surface area contributed by atoms with Crippen molar-refractivity contribution in [1.82, 2.24) is 4.31 Å². The predicted octanol–water partition coefficient (Wildman–Crippen LogP) is 4.31. The van der Waals surface area contributed by atoms with Crippen LogP contribution in [0.15, 0.2) is 53.4 Å². The molecule has 0 unspecified atom stereocenters. The third-order valence-electron chi connectivity index (χ3n) is 4.27. The zero-order valence-electron chi connectivity index (χ0n) is 16.2. The van der Waals surface area contributed by atoms with Gasteiger partial charge in [-0.05, 0) is 55.2 Å². The summed E-state index contributed by atoms with van der Waals surface area (Å²) in [5, 5.41) is 2.84. The first-order valence-corrected chi connectivity index (χ1v) is 10.9. The lowest BCUT2D eigenvalue weighted by Crippen LogP contribution is -2.32. The van der Waals surface area contributed by atoms with Crippen molar-refractivity contribution in [3.63, 3.8) is 0 Å². The molecule has 0 saturated heterocycles. The summed E-state index contributed by atoms with van der Waals surface area (Å²) in [7, 11) is -3.61. The molecule has 0 aliphatic heterocycles. The standard InChI is InChI=1S/C21H28N2O3S/c1-4-13-23(14-5-2)27(25,26)20-12-8-10-18(16-20)21(24)22-19-11-7-9-17(6-3)15-19/h7-12,15-16H,4-6,13-14H2,1-3H3,(H,22,24). The molecule has 6 heteroatoms. The van der Waals surface area contributed by atoms with Gasteiger partial charge in [0.2, 0.25) is 10.0 Å². The first kappa shape index (κ1) is 21.1. The molecule has 27 heavy (non-hydrogen) atoms. The number of amides is 1. The van der Waals surface area contributed by atoms with Crippen LogP contribution >= 0.6 is 0 Å². The van der Waals surface area contributed by atoms with Crippen LogP contribution in [0.1, 0.15) is 49.5 Å². The molecule has 0 atom stereocenters. The summed E-state index contributed by atoms with van der Waals surface area (Å²) >= 11 is 0. The van der Waals surface area contributed by atoms with Crippen LogP contribution < -0.4 is 5.32 Å². The molecule has 1 N–H and O–H groups in total. The Morgan fingerprint density at radius 2 is 1.63 bits per heavy atom. The second-order valence-corrected chi connectivity index (χ2v) is 8.38. The molecular formula is C21H28N2O3S. The van der Waals surface area contributed by atoms with E-state index in [9.17, 15) is 13.2 Å². The fourth-order valence-corrected chi connectivity index (χ4v) is 4.54. The largest absolute Gasteiger partial charge is 0.322 e. The number of sulfonamides is 1. The van der Waals surface area contributed by atoms with E-state index in [0.29, 0.717) is 24.3 Å². The number of rotatable bonds is 9. The summed E-state index contributed by atoms with van der Waals surface area (Å²) in [6.45, 7) is 6.89. The Labute approximate surface area is 162 Å². The molecule has 0 aliphatic carbocycles. The number of carbonyl (C=O) groups excluding carboxylic acids is 1. The zero-order chi connectivity index (χ0) is 19.9. The Balaban J connectivity index is 2.26. The number of benzene rings is 2. The predicted molar refractivity (Wildman–Crippen MR) is 110 cm³/mol. The van der Waals surface area contributed by atoms with Crippen molar-refractivity contribution in [3.8, 4) is 0 Å². The fourth-order valence-electron chi connectivity index (χ4n) is 2.87. The third-order valence-corrected chi connectivity index (χ3v) is 6.17. The van der Waals surface area contributed by atoms with Crippen molar-refractivity contribution in [2.24, 2.45) is 0 Å². The number of aryl methyl sites for hydroxylation is 1. The monoisotopic (exact) mass is 388 g/mol. The lowest BCUT2D eigenvalue weighted by molar-refractivity contribution is 0.102. The quantitative estimate of drug-likeness (QED) is 0.696. The number of carbonyl (C=O) groups is 1. The van der Waals surface area contributed by atoms with E-state index in [2.05, 4.69) is 5.32 Å². The van der Waals surface area contributed by atoms with E-state index in [1.807, 2.05) is 45.0 Å². The molecule has 0 aromatic heterocycles. The van der Waals surface area contributed by atoms with Gasteiger partial charge < -0.3 is 5.32 Å². The SMILES string of the molecule is CCCN(CCC)S(=O)(=O)c1cccc(C(=O)Nc2cccc(CC)c2)c1. The van der Waals surface area contributed by atoms with Gasteiger partial charge in [0.1, 0.15) is 0 Å². The van der Waals surface area contributed by atoms with Crippen molar-refractivity contribution in [2.45, 2.75) is 44.9 Å². The summed E-state index contributed by atoms with van der Waals surface area (Å²) in [6.07, 6.45) is 2.36. The van der Waals surface area contributed by atoms with Crippen molar-refractivity contribution in [1.29, 1.82) is 0 Å². The lowest BCUT2D eigenvalue weighted by Gasteiger charge is -2.21. The van der Waals surface area contributed by atoms with Crippen molar-refractivity contribution < 1.29 is 13.2 Å². The van der Waals surface area contributed by atoms with E-state index in [1.54, 1.807) is 18.2 Å². The maximum Gasteiger partial charge on any atom is 0.255 e. The van der Waals surface area contributed by atoms with Gasteiger partial charge in [-0.2, -0.15) is 4.31 Å². The van der Waals surface area contributed by atoms with Gasteiger partial charge in [-0.15, -0.1) is 0 Å². The van der Waals surface area contributed by atoms with E-state index in [4.69, 9.17) is 0 Å². The molecule has 2 rings (SSSR count). The van der Waals surface area contributed by atoms with Crippen molar-refractivity contribution in [3.05, 3.63) is 59.7 Å². The van der Waals surface area contributed by atoms with Gasteiger partial charge in [0.25, 0.3) is 5.91 Å². The third kappa shape index (κ3) is 5.40. The Morgan fingerprint density at radius 1 is 0.963 bits per heavy atom. The Hall–Kier alpha value is -2.18. The average Bonchev–Trinajstić information content (AvgIpc) is 2.68. The van der Waals surface area contributed by atoms with Gasteiger partial charge in [-0.3, -0.25) is 4.79 Å². The molecule has 0 spiro atoms. The van der Waals surface area contributed by atoms with Crippen LogP contribution in [0.25, 0.3) is 0 Å². The molecule has 0 aliphatic rings. The van der Waals surface area contributed by atoms with Crippen LogP contribution in [0.5, 0.6) is 0 Å². The molecule has 2 aromatic rings. The molecule has 2 aromatic carbocycles. The normalized spacial score (nSPS) is 11.6. The Bertz CT molecular complexity index is 873. The molecule has 146 valence electrons. The summed E-state index contributed by atoms with van der Waals surface area (Å²) < 4.78 is 27.3. The molecular weight excluding hydrogens is 360 g/mol. The number of nitrogens with zero attached hydrogens (tertiary/aromatic N) is 1. The lowest BCUT2D eigenvalue weighted by atomic mass is 10.1. The number of nitrogens with one attached hydrogen (secondary N) is 1. The molecule has 0 bridgehead atoms. The highest BCUT2D eigenvalue weighted by Crippen LogP contribution is 2.19. The van der Waals surface area contributed by atoms with Crippen LogP contribution in [0.2, 0.25) is 0 Å². The van der Waals surface area contributed by atoms with E-state index in [-0.39, 0.29) is 10.8 Å². The second-order valence-electron chi connectivity index (χ2n) is 6.44. The first-order valence-electron chi connectivity index (χ1n) is 9.42. The van der Waals surface area contributed by atoms with Gasteiger partial charge in [-0.1, -0.05) is 39.0 Å². The molecule has 0 saturated carbocycles. The van der Waals surface area contributed by atoms with Crippen LogP contribution in [-0.2, 0) is 16.4 Å². The van der Waals surface area contributed by atoms with E-state index in [0.717, 1.165) is 24.8 Å². The average molecular weight is 389 g/mol. The summed E-state index contributed by atoms with van der Waals surface area (Å²) in [5.74, 6) is -0.321. The first-order chi connectivity index (χ1) is 12.9. The molecule has 0 fully saturated rings. The Kier molecular flexibility index (Phi) is 7.56. The zero-order valence-corrected chi connectivity index (χ0v) is 17.1. The highest BCUT2D eigenvalue weighted by molar-refractivity contribution is 7.89. The Morgan fingerprint density at radius 3 is 2.26 bits per heavy atom. The topological polar surface area (TPSA) is 66.5 Å². The van der Waals surface area contributed by atoms with Gasteiger partial charge in [-0.25, -0.2) is 8.42 Å². The molecule has 0 radical (unpaired) electrons. The highest BCUT2D eigenvalue weighted by atomic mass is 32.2. The summed E-state index contributed by atoms with van der Waals surface area (Å²) in [6, 6.07) is 13.9. The van der Waals surface area contributed by atoms with Gasteiger partial charge >= 0.3 is 0 Å². The summed E-state index contributed by atoms with van der Waals surface area (Å²) in [5.41, 5.74) is 2.15. The highest BCUT2D eigenvalue weighted by Gasteiger charge is 2.24. The number of hydrogen-bond acceptors (Lipinski definition) is 3. The molecule has 0 heterocycles. The fraction of sp³-hybridized carbons (Fsp3) is 0.381. The minimum Gasteiger partial charge on any atom is -0.322 e. The maximum absolute atomic E-state index is 12.9. The van der Waals surface area contributed by atoms with Crippen molar-refractivity contribution in [2.75, 3.05) is 18.4 Å². The van der Waals surface area contributed by atoms with Crippen LogP contribution in [-0.4, -0.2) is 31.7 Å². The van der Waals surface area contributed by atoms with Crippen LogP contribution in [0.4, 0.5) is 5.69 Å². The summed E-state index contributed by atoms with van der Waals surface area (Å²) in [4.78, 5) is 12.7. The van der Waals surface area contributed by atoms with Crippen LogP contribution in [0, 0.1) is 0 Å². The van der Waals surface area contributed by atoms with E-state index < -0.39 is 10.0 Å². The smallest absolute Gasteiger partial charge is 0.255 e. The van der Waals surface area contributed by atoms with Gasteiger partial charge in [0.15, 0.2) is 0 Å². The minimum absolute atomic E-state index is 0.152. The van der Waals surface area contributed by atoms with Crippen molar-refractivity contribution >= 4 is 21.6 Å². The number of hydrogen-bond donors (Lipinski definition) is 1. The van der Waals surface area contributed by atoms with Gasteiger partial charge in [0, 0.05) is 24.3 Å². The maximum atomic E-state index is 12.9. The molecule has 5 nitrogen and oxygen atoms in total. The number of anilines is 1. The minimum atomic E-state index is -3.61. The second kappa shape index (κ2) is 9.67. The van der Waals surface area contributed by atoms with E-state index >= 15 is 0 Å². The molecule has 1 amide bonds. The van der Waals surface area contributed by atoms with Gasteiger partial charge in [0.05, 0.1) is 4.90 Å².